The topological polar surface area (TPSA) is 76.3 Å². The second-order valence-corrected chi connectivity index (χ2v) is 5.04. The Bertz CT molecular complexity index is 899. The largest absolute Gasteiger partial charge is 0.272 e. The van der Waals surface area contributed by atoms with Gasteiger partial charge in [-0.25, -0.2) is 14.6 Å². The molecule has 0 saturated heterocycles. The number of aromatic nitrogens is 4. The molecule has 2 aromatic heterocycles. The molecule has 22 heavy (non-hydrogen) atoms. The number of benzene rings is 1. The lowest BCUT2D eigenvalue weighted by atomic mass is 10.3. The highest BCUT2D eigenvalue weighted by Gasteiger charge is 2.26. The number of para-hydroxylation sites is 1. The third kappa shape index (κ3) is 1.86. The maximum Gasteiger partial charge on any atom is 0.254 e. The van der Waals surface area contributed by atoms with Crippen LogP contribution in [0.4, 0.5) is 5.82 Å². The van der Waals surface area contributed by atoms with Gasteiger partial charge in [0.25, 0.3) is 5.91 Å². The van der Waals surface area contributed by atoms with Crippen LogP contribution in [0.15, 0.2) is 48.0 Å². The second-order valence-electron chi connectivity index (χ2n) is 5.04. The first-order chi connectivity index (χ1) is 10.7. The Kier molecular flexibility index (Phi) is 2.72. The van der Waals surface area contributed by atoms with Crippen molar-refractivity contribution in [2.24, 2.45) is 5.10 Å². The van der Waals surface area contributed by atoms with Crippen LogP contribution in [0.3, 0.4) is 0 Å². The molecular weight excluding hydrogens is 280 g/mol. The van der Waals surface area contributed by atoms with E-state index >= 15 is 0 Å². The number of hydrogen-bond donors (Lipinski definition) is 0. The highest BCUT2D eigenvalue weighted by Crippen LogP contribution is 2.27. The molecule has 0 saturated carbocycles. The highest BCUT2D eigenvalue weighted by molar-refractivity contribution is 6.13. The van der Waals surface area contributed by atoms with E-state index in [1.54, 1.807) is 10.9 Å². The first kappa shape index (κ1) is 12.6. The van der Waals surface area contributed by atoms with Gasteiger partial charge in [0.1, 0.15) is 6.33 Å². The van der Waals surface area contributed by atoms with Gasteiger partial charge in [-0.1, -0.05) is 18.2 Å². The molecule has 108 valence electrons. The monoisotopic (exact) mass is 292 g/mol. The van der Waals surface area contributed by atoms with Crippen molar-refractivity contribution in [3.8, 4) is 5.69 Å². The molecule has 0 unspecified atom stereocenters. The zero-order valence-corrected chi connectivity index (χ0v) is 11.8. The number of hydrazone groups is 1. The van der Waals surface area contributed by atoms with Crippen molar-refractivity contribution < 1.29 is 4.79 Å². The smallest absolute Gasteiger partial charge is 0.254 e. The van der Waals surface area contributed by atoms with Crippen molar-refractivity contribution in [1.29, 1.82) is 0 Å². The number of carbonyl (C=O) groups excluding carboxylic acids is 1. The molecule has 7 heteroatoms. The first-order valence-corrected chi connectivity index (χ1v) is 6.85. The molecule has 0 atom stereocenters. The van der Waals surface area contributed by atoms with Crippen LogP contribution in [-0.4, -0.2) is 31.4 Å². The molecule has 3 aromatic rings. The van der Waals surface area contributed by atoms with Gasteiger partial charge in [-0.3, -0.25) is 4.79 Å². The van der Waals surface area contributed by atoms with Crippen molar-refractivity contribution in [2.45, 2.75) is 13.3 Å². The van der Waals surface area contributed by atoms with Crippen molar-refractivity contribution in [3.63, 3.8) is 0 Å². The molecule has 0 fully saturated rings. The molecule has 1 amide bonds. The van der Waals surface area contributed by atoms with Crippen molar-refractivity contribution in [2.75, 3.05) is 5.01 Å². The number of carbonyl (C=O) groups is 1. The summed E-state index contributed by atoms with van der Waals surface area (Å²) >= 11 is 0. The molecule has 0 N–H and O–H groups in total. The minimum absolute atomic E-state index is 0.0926. The highest BCUT2D eigenvalue weighted by atomic mass is 16.2. The number of hydrogen-bond acceptors (Lipinski definition) is 5. The fourth-order valence-corrected chi connectivity index (χ4v) is 2.48. The predicted molar refractivity (Wildman–Crippen MR) is 81.9 cm³/mol. The standard InChI is InChI=1S/C15H12N6O/c1-10-7-13(22)21(19-10)15-12-8-18-20(14(12)16-9-17-15)11-5-3-2-4-6-11/h2-6,8-9H,7H2,1H3. The van der Waals surface area contributed by atoms with E-state index in [9.17, 15) is 4.79 Å². The van der Waals surface area contributed by atoms with Gasteiger partial charge in [-0.05, 0) is 19.1 Å². The van der Waals surface area contributed by atoms with Gasteiger partial charge in [0.05, 0.1) is 23.7 Å². The van der Waals surface area contributed by atoms with Crippen LogP contribution in [0.25, 0.3) is 16.7 Å². The molecule has 1 aromatic carbocycles. The van der Waals surface area contributed by atoms with E-state index in [2.05, 4.69) is 20.2 Å². The van der Waals surface area contributed by atoms with Crippen LogP contribution in [0.2, 0.25) is 0 Å². The summed E-state index contributed by atoms with van der Waals surface area (Å²) in [4.78, 5) is 20.5. The van der Waals surface area contributed by atoms with E-state index in [-0.39, 0.29) is 5.91 Å². The average molecular weight is 292 g/mol. The third-order valence-electron chi connectivity index (χ3n) is 3.46. The van der Waals surface area contributed by atoms with Gasteiger partial charge in [0, 0.05) is 5.71 Å². The molecule has 0 radical (unpaired) electrons. The summed E-state index contributed by atoms with van der Waals surface area (Å²) in [6, 6.07) is 9.69. The van der Waals surface area contributed by atoms with Crippen LogP contribution in [0.1, 0.15) is 13.3 Å². The quantitative estimate of drug-likeness (QED) is 0.723. The van der Waals surface area contributed by atoms with Gasteiger partial charge in [0.15, 0.2) is 11.5 Å². The maximum absolute atomic E-state index is 12.0. The minimum atomic E-state index is -0.0926. The SMILES string of the molecule is CC1=NN(c2ncnc3c2cnn3-c2ccccc2)C(=O)C1. The van der Waals surface area contributed by atoms with E-state index in [0.29, 0.717) is 23.3 Å². The minimum Gasteiger partial charge on any atom is -0.272 e. The van der Waals surface area contributed by atoms with Gasteiger partial charge in [-0.15, -0.1) is 0 Å². The summed E-state index contributed by atoms with van der Waals surface area (Å²) in [6.45, 7) is 1.82. The summed E-state index contributed by atoms with van der Waals surface area (Å²) in [5.41, 5.74) is 2.31. The lowest BCUT2D eigenvalue weighted by molar-refractivity contribution is -0.116. The fourth-order valence-electron chi connectivity index (χ4n) is 2.48. The molecule has 3 heterocycles. The van der Waals surface area contributed by atoms with Crippen LogP contribution in [0, 0.1) is 0 Å². The second kappa shape index (κ2) is 4.73. The summed E-state index contributed by atoms with van der Waals surface area (Å²) in [6.07, 6.45) is 3.40. The molecule has 1 aliphatic rings. The number of anilines is 1. The van der Waals surface area contributed by atoms with Gasteiger partial charge >= 0.3 is 0 Å². The van der Waals surface area contributed by atoms with Crippen molar-refractivity contribution >= 4 is 28.5 Å². The van der Waals surface area contributed by atoms with Crippen LogP contribution in [0.5, 0.6) is 0 Å². The Hall–Kier alpha value is -3.09. The Labute approximate surface area is 125 Å². The predicted octanol–water partition coefficient (Wildman–Crippen LogP) is 1.93. The molecule has 7 nitrogen and oxygen atoms in total. The Morgan fingerprint density at radius 3 is 2.68 bits per heavy atom. The van der Waals surface area contributed by atoms with E-state index in [4.69, 9.17) is 0 Å². The Morgan fingerprint density at radius 2 is 1.95 bits per heavy atom. The average Bonchev–Trinajstić information content (AvgIpc) is 3.11. The van der Waals surface area contributed by atoms with E-state index in [1.165, 1.54) is 11.3 Å². The third-order valence-corrected chi connectivity index (χ3v) is 3.46. The number of fused-ring (bicyclic) bond motifs is 1. The summed E-state index contributed by atoms with van der Waals surface area (Å²) < 4.78 is 1.72. The van der Waals surface area contributed by atoms with Crippen LogP contribution < -0.4 is 5.01 Å². The zero-order valence-electron chi connectivity index (χ0n) is 11.8. The van der Waals surface area contributed by atoms with Crippen LogP contribution >= 0.6 is 0 Å². The van der Waals surface area contributed by atoms with Gasteiger partial charge in [-0.2, -0.15) is 15.2 Å². The summed E-state index contributed by atoms with van der Waals surface area (Å²) in [7, 11) is 0. The van der Waals surface area contributed by atoms with Crippen molar-refractivity contribution in [1.82, 2.24) is 19.7 Å². The molecule has 1 aliphatic heterocycles. The van der Waals surface area contributed by atoms with Crippen LogP contribution in [-0.2, 0) is 4.79 Å². The molecule has 0 spiro atoms. The maximum atomic E-state index is 12.0. The Balaban J connectivity index is 1.90. The summed E-state index contributed by atoms with van der Waals surface area (Å²) in [5, 5.41) is 10.6. The zero-order chi connectivity index (χ0) is 15.1. The van der Waals surface area contributed by atoms with E-state index < -0.39 is 0 Å². The Morgan fingerprint density at radius 1 is 1.14 bits per heavy atom. The molecule has 0 bridgehead atoms. The van der Waals surface area contributed by atoms with Gasteiger partial charge < -0.3 is 0 Å². The molecule has 4 rings (SSSR count). The molecular formula is C15H12N6O. The molecule has 0 aliphatic carbocycles. The first-order valence-electron chi connectivity index (χ1n) is 6.85. The van der Waals surface area contributed by atoms with Crippen molar-refractivity contribution in [3.05, 3.63) is 42.9 Å². The van der Waals surface area contributed by atoms with Gasteiger partial charge in [0.2, 0.25) is 0 Å². The number of nitrogens with zero attached hydrogens (tertiary/aromatic N) is 6. The fraction of sp³-hybridized carbons (Fsp3) is 0.133. The normalized spacial score (nSPS) is 14.7. The lowest BCUT2D eigenvalue weighted by Gasteiger charge is -2.11. The lowest BCUT2D eigenvalue weighted by Crippen LogP contribution is -2.21. The van der Waals surface area contributed by atoms with E-state index in [1.807, 2.05) is 37.3 Å². The summed E-state index contributed by atoms with van der Waals surface area (Å²) in [5.74, 6) is 0.374. The van der Waals surface area contributed by atoms with E-state index in [0.717, 1.165) is 11.4 Å². The number of amides is 1. The number of rotatable bonds is 2.